The number of hydrogen-bond donors (Lipinski definition) is 0. The molecule has 0 saturated carbocycles. The maximum atomic E-state index is 6.38. The molecule has 0 bridgehead atoms. The van der Waals surface area contributed by atoms with Gasteiger partial charge in [-0.3, -0.25) is 9.98 Å². The number of thioether (sulfide) groups is 1. The van der Waals surface area contributed by atoms with Crippen molar-refractivity contribution in [1.82, 2.24) is 4.98 Å². The first-order chi connectivity index (χ1) is 11.7. The fourth-order valence-corrected chi connectivity index (χ4v) is 3.09. The molecular weight excluding hydrogens is 340 g/mol. The van der Waals surface area contributed by atoms with Crippen LogP contribution >= 0.6 is 23.4 Å². The number of rotatable bonds is 6. The first-order valence-electron chi connectivity index (χ1n) is 7.91. The summed E-state index contributed by atoms with van der Waals surface area (Å²) in [7, 11) is 0. The Kier molecular flexibility index (Phi) is 5.94. The largest absolute Gasteiger partial charge is 0.492 e. The minimum atomic E-state index is -0.262. The van der Waals surface area contributed by atoms with Crippen molar-refractivity contribution in [3.05, 3.63) is 65.1 Å². The molecule has 3 nitrogen and oxygen atoms in total. The van der Waals surface area contributed by atoms with Crippen molar-refractivity contribution in [1.29, 1.82) is 0 Å². The predicted octanol–water partition coefficient (Wildman–Crippen LogP) is 5.12. The number of aryl methyl sites for hydroxylation is 1. The summed E-state index contributed by atoms with van der Waals surface area (Å²) >= 11 is 8.09. The first-order valence-corrected chi connectivity index (χ1v) is 9.39. The molecule has 1 aromatic heterocycles. The topological polar surface area (TPSA) is 34.5 Å². The maximum Gasteiger partial charge on any atom is 0.119 e. The van der Waals surface area contributed by atoms with Gasteiger partial charge in [-0.2, -0.15) is 0 Å². The van der Waals surface area contributed by atoms with E-state index in [1.165, 1.54) is 5.56 Å². The van der Waals surface area contributed by atoms with Crippen LogP contribution in [-0.4, -0.2) is 22.9 Å². The average Bonchev–Trinajstić information content (AvgIpc) is 3.14. The molecule has 24 heavy (non-hydrogen) atoms. The Morgan fingerprint density at radius 1 is 1.25 bits per heavy atom. The van der Waals surface area contributed by atoms with Crippen molar-refractivity contribution in [2.75, 3.05) is 12.4 Å². The number of halogens is 1. The van der Waals surface area contributed by atoms with Gasteiger partial charge in [0.2, 0.25) is 0 Å². The Labute approximate surface area is 151 Å². The van der Waals surface area contributed by atoms with Gasteiger partial charge in [0.15, 0.2) is 0 Å². The quantitative estimate of drug-likeness (QED) is 0.672. The van der Waals surface area contributed by atoms with Crippen molar-refractivity contribution < 1.29 is 4.74 Å². The first kappa shape index (κ1) is 17.1. The van der Waals surface area contributed by atoms with Gasteiger partial charge >= 0.3 is 0 Å². The molecule has 1 aliphatic rings. The highest BCUT2D eigenvalue weighted by Crippen LogP contribution is 2.23. The van der Waals surface area contributed by atoms with Crippen molar-refractivity contribution in [3.8, 4) is 5.75 Å². The Hall–Kier alpha value is -1.78. The van der Waals surface area contributed by atoms with E-state index < -0.39 is 0 Å². The van der Waals surface area contributed by atoms with Gasteiger partial charge < -0.3 is 4.74 Å². The molecule has 1 atom stereocenters. The summed E-state index contributed by atoms with van der Waals surface area (Å²) < 4.78 is 5.78. The third kappa shape index (κ3) is 4.62. The van der Waals surface area contributed by atoms with E-state index in [4.69, 9.17) is 16.3 Å². The molecule has 0 spiro atoms. The second-order valence-electron chi connectivity index (χ2n) is 5.47. The van der Waals surface area contributed by atoms with Crippen LogP contribution < -0.4 is 4.74 Å². The minimum absolute atomic E-state index is 0.262. The Balaban J connectivity index is 1.55. The molecule has 0 amide bonds. The summed E-state index contributed by atoms with van der Waals surface area (Å²) in [4.78, 5) is 8.70. The smallest absolute Gasteiger partial charge is 0.119 e. The minimum Gasteiger partial charge on any atom is -0.492 e. The average molecular weight is 359 g/mol. The number of nitrogens with zero attached hydrogens (tertiary/aromatic N) is 2. The van der Waals surface area contributed by atoms with Crippen LogP contribution in [0.15, 0.2) is 53.3 Å². The van der Waals surface area contributed by atoms with Crippen molar-refractivity contribution >= 4 is 35.0 Å². The zero-order valence-electron chi connectivity index (χ0n) is 13.5. The Morgan fingerprint density at radius 3 is 2.71 bits per heavy atom. The summed E-state index contributed by atoms with van der Waals surface area (Å²) in [6, 6.07) is 12.0. The van der Waals surface area contributed by atoms with Gasteiger partial charge in [-0.25, -0.2) is 0 Å². The van der Waals surface area contributed by atoms with E-state index in [1.807, 2.05) is 42.1 Å². The van der Waals surface area contributed by atoms with Crippen LogP contribution in [0.1, 0.15) is 29.1 Å². The molecule has 0 aliphatic carbocycles. The normalized spacial score (nSPS) is 16.5. The molecule has 3 rings (SSSR count). The van der Waals surface area contributed by atoms with Crippen molar-refractivity contribution in [2.24, 2.45) is 4.99 Å². The lowest BCUT2D eigenvalue weighted by atomic mass is 10.2. The van der Waals surface area contributed by atoms with Crippen LogP contribution in [0.25, 0.3) is 6.08 Å². The molecule has 1 unspecified atom stereocenters. The highest BCUT2D eigenvalue weighted by atomic mass is 35.5. The number of aliphatic imine (C=N–C) groups is 1. The number of benzene rings is 1. The molecule has 1 aliphatic heterocycles. The van der Waals surface area contributed by atoms with E-state index in [2.05, 4.69) is 29.0 Å². The molecule has 0 radical (unpaired) electrons. The Bertz CT molecular complexity index is 726. The SMILES string of the molecule is CCc1ccc(C(Cl)COc2ccc(C=C3CSC=N3)cc2)nc1. The monoisotopic (exact) mass is 358 g/mol. The molecule has 0 saturated heterocycles. The van der Waals surface area contributed by atoms with Gasteiger partial charge in [0.05, 0.1) is 16.9 Å². The number of alkyl halides is 1. The summed E-state index contributed by atoms with van der Waals surface area (Å²) in [5.74, 6) is 1.74. The van der Waals surface area contributed by atoms with Gasteiger partial charge in [-0.1, -0.05) is 25.1 Å². The summed E-state index contributed by atoms with van der Waals surface area (Å²) in [5, 5.41) is -0.262. The van der Waals surface area contributed by atoms with Crippen LogP contribution in [0.4, 0.5) is 0 Å². The maximum absolute atomic E-state index is 6.38. The van der Waals surface area contributed by atoms with E-state index in [0.717, 1.165) is 34.9 Å². The van der Waals surface area contributed by atoms with Gasteiger partial charge in [0, 0.05) is 11.9 Å². The number of pyridine rings is 1. The molecule has 5 heteroatoms. The third-order valence-corrected chi connectivity index (χ3v) is 4.78. The highest BCUT2D eigenvalue weighted by Gasteiger charge is 2.10. The highest BCUT2D eigenvalue weighted by molar-refractivity contribution is 8.12. The molecule has 2 heterocycles. The number of hydrogen-bond acceptors (Lipinski definition) is 4. The van der Waals surface area contributed by atoms with Crippen LogP contribution in [-0.2, 0) is 6.42 Å². The lowest BCUT2D eigenvalue weighted by Gasteiger charge is -2.11. The van der Waals surface area contributed by atoms with Gasteiger partial charge in [-0.15, -0.1) is 23.4 Å². The van der Waals surface area contributed by atoms with E-state index in [9.17, 15) is 0 Å². The summed E-state index contributed by atoms with van der Waals surface area (Å²) in [6.45, 7) is 2.50. The molecule has 2 aromatic rings. The van der Waals surface area contributed by atoms with Gasteiger partial charge in [0.25, 0.3) is 0 Å². The standard InChI is InChI=1S/C19H19ClN2OS/c1-2-14-5-8-19(21-10-14)18(20)11-23-17-6-3-15(4-7-17)9-16-12-24-13-22-16/h3-10,13,18H,2,11-12H2,1H3. The fourth-order valence-electron chi connectivity index (χ4n) is 2.28. The van der Waals surface area contributed by atoms with Gasteiger partial charge in [0.1, 0.15) is 17.7 Å². The zero-order valence-corrected chi connectivity index (χ0v) is 15.1. The summed E-state index contributed by atoms with van der Waals surface area (Å²) in [5.41, 5.74) is 6.14. The third-order valence-electron chi connectivity index (χ3n) is 3.71. The van der Waals surface area contributed by atoms with Crippen LogP contribution in [0.2, 0.25) is 0 Å². The van der Waals surface area contributed by atoms with E-state index in [-0.39, 0.29) is 5.38 Å². The molecule has 124 valence electrons. The number of ether oxygens (including phenoxy) is 1. The van der Waals surface area contributed by atoms with Crippen LogP contribution in [0.3, 0.4) is 0 Å². The molecule has 0 fully saturated rings. The van der Waals surface area contributed by atoms with Crippen LogP contribution in [0, 0.1) is 0 Å². The van der Waals surface area contributed by atoms with E-state index >= 15 is 0 Å². The molecular formula is C19H19ClN2OS. The van der Waals surface area contributed by atoms with E-state index in [1.54, 1.807) is 11.8 Å². The predicted molar refractivity (Wildman–Crippen MR) is 103 cm³/mol. The van der Waals surface area contributed by atoms with Gasteiger partial charge in [-0.05, 0) is 41.8 Å². The number of aromatic nitrogens is 1. The second kappa shape index (κ2) is 8.36. The Morgan fingerprint density at radius 2 is 2.08 bits per heavy atom. The zero-order chi connectivity index (χ0) is 16.8. The van der Waals surface area contributed by atoms with E-state index in [0.29, 0.717) is 6.61 Å². The lowest BCUT2D eigenvalue weighted by Crippen LogP contribution is -2.06. The molecule has 1 aromatic carbocycles. The lowest BCUT2D eigenvalue weighted by molar-refractivity contribution is 0.315. The van der Waals surface area contributed by atoms with Crippen molar-refractivity contribution in [2.45, 2.75) is 18.7 Å². The summed E-state index contributed by atoms with van der Waals surface area (Å²) in [6.07, 6.45) is 4.93. The van der Waals surface area contributed by atoms with Crippen molar-refractivity contribution in [3.63, 3.8) is 0 Å². The fraction of sp³-hybridized carbons (Fsp3) is 0.263. The van der Waals surface area contributed by atoms with Crippen LogP contribution in [0.5, 0.6) is 5.75 Å². The molecule has 0 N–H and O–H groups in total. The second-order valence-corrected chi connectivity index (χ2v) is 6.83.